The Morgan fingerprint density at radius 1 is 0.923 bits per heavy atom. The minimum Gasteiger partial charge on any atom is -0.493 e. The van der Waals surface area contributed by atoms with Gasteiger partial charge in [-0.3, -0.25) is 4.79 Å². The maximum absolute atomic E-state index is 13.0. The van der Waals surface area contributed by atoms with Crippen molar-refractivity contribution >= 4 is 5.97 Å². The molecule has 0 N–H and O–H groups in total. The van der Waals surface area contributed by atoms with Gasteiger partial charge in [0.1, 0.15) is 6.61 Å². The number of esters is 1. The number of benzene rings is 2. The van der Waals surface area contributed by atoms with Crippen LogP contribution in [0.3, 0.4) is 0 Å². The molecular formula is C32H40O7. The van der Waals surface area contributed by atoms with Crippen molar-refractivity contribution in [2.75, 3.05) is 41.7 Å². The lowest BCUT2D eigenvalue weighted by molar-refractivity contribution is -0.141. The third-order valence-corrected chi connectivity index (χ3v) is 7.63. The van der Waals surface area contributed by atoms with Crippen molar-refractivity contribution < 1.29 is 33.2 Å². The van der Waals surface area contributed by atoms with Crippen molar-refractivity contribution in [1.29, 1.82) is 0 Å². The SMILES string of the molecule is COc1cc(C2c3c(cc(OC)c(OC)c3OC)CC3COC(=O)C32)ccc1OC/C=C(\C)CCC=C(C)C. The molecule has 0 amide bonds. The summed E-state index contributed by atoms with van der Waals surface area (Å²) in [6, 6.07) is 7.86. The summed E-state index contributed by atoms with van der Waals surface area (Å²) in [7, 11) is 6.44. The van der Waals surface area contributed by atoms with E-state index in [1.165, 1.54) is 11.1 Å². The molecule has 3 atom stereocenters. The molecule has 1 heterocycles. The van der Waals surface area contributed by atoms with Gasteiger partial charge in [0.15, 0.2) is 23.0 Å². The predicted molar refractivity (Wildman–Crippen MR) is 150 cm³/mol. The quantitative estimate of drug-likeness (QED) is 0.248. The molecule has 2 aromatic carbocycles. The van der Waals surface area contributed by atoms with Crippen LogP contribution in [0.15, 0.2) is 47.6 Å². The van der Waals surface area contributed by atoms with Crippen LogP contribution in [0.5, 0.6) is 28.7 Å². The first-order valence-electron chi connectivity index (χ1n) is 13.4. The molecule has 0 bridgehead atoms. The minimum absolute atomic E-state index is 0.0548. The van der Waals surface area contributed by atoms with Gasteiger partial charge in [-0.05, 0) is 75.4 Å². The number of ether oxygens (including phenoxy) is 6. The lowest BCUT2D eigenvalue weighted by atomic mass is 9.67. The van der Waals surface area contributed by atoms with Crippen molar-refractivity contribution in [1.82, 2.24) is 0 Å². The molecule has 0 saturated carbocycles. The second-order valence-electron chi connectivity index (χ2n) is 10.4. The van der Waals surface area contributed by atoms with Gasteiger partial charge in [-0.25, -0.2) is 0 Å². The molecule has 4 rings (SSSR count). The normalized spacial score (nSPS) is 19.9. The van der Waals surface area contributed by atoms with Crippen LogP contribution in [-0.4, -0.2) is 47.6 Å². The third kappa shape index (κ3) is 5.87. The fraction of sp³-hybridized carbons (Fsp3) is 0.469. The Kier molecular flexibility index (Phi) is 9.10. The zero-order chi connectivity index (χ0) is 28.1. The van der Waals surface area contributed by atoms with Gasteiger partial charge in [0.25, 0.3) is 0 Å². The summed E-state index contributed by atoms with van der Waals surface area (Å²) < 4.78 is 34.6. The number of hydrogen-bond donors (Lipinski definition) is 0. The molecule has 0 radical (unpaired) electrons. The highest BCUT2D eigenvalue weighted by Gasteiger charge is 2.49. The van der Waals surface area contributed by atoms with Crippen molar-refractivity contribution in [3.8, 4) is 28.7 Å². The number of rotatable bonds is 11. The third-order valence-electron chi connectivity index (χ3n) is 7.63. The van der Waals surface area contributed by atoms with Crippen LogP contribution in [0.2, 0.25) is 0 Å². The number of fused-ring (bicyclic) bond motifs is 2. The Morgan fingerprint density at radius 3 is 2.33 bits per heavy atom. The number of methoxy groups -OCH3 is 4. The van der Waals surface area contributed by atoms with Crippen LogP contribution in [0, 0.1) is 11.8 Å². The van der Waals surface area contributed by atoms with Crippen LogP contribution in [0.4, 0.5) is 0 Å². The number of hydrogen-bond acceptors (Lipinski definition) is 7. The largest absolute Gasteiger partial charge is 0.493 e. The minimum atomic E-state index is -0.340. The van der Waals surface area contributed by atoms with Crippen LogP contribution >= 0.6 is 0 Å². The average molecular weight is 537 g/mol. The summed E-state index contributed by atoms with van der Waals surface area (Å²) in [5.74, 6) is 2.15. The van der Waals surface area contributed by atoms with Crippen LogP contribution in [0.1, 0.15) is 56.2 Å². The average Bonchev–Trinajstić information content (AvgIpc) is 3.30. The molecule has 3 unspecified atom stereocenters. The van der Waals surface area contributed by atoms with Gasteiger partial charge < -0.3 is 28.4 Å². The monoisotopic (exact) mass is 536 g/mol. The molecule has 1 fully saturated rings. The molecule has 2 aromatic rings. The summed E-state index contributed by atoms with van der Waals surface area (Å²) in [6.45, 7) is 7.20. The topological polar surface area (TPSA) is 72.5 Å². The second-order valence-corrected chi connectivity index (χ2v) is 10.4. The Labute approximate surface area is 231 Å². The number of allylic oxidation sites excluding steroid dienone is 3. The van der Waals surface area contributed by atoms with E-state index in [-0.39, 0.29) is 23.7 Å². The number of carbonyl (C=O) groups is 1. The molecule has 0 aromatic heterocycles. The molecular weight excluding hydrogens is 496 g/mol. The van der Waals surface area contributed by atoms with Crippen molar-refractivity contribution in [2.24, 2.45) is 11.8 Å². The molecule has 1 aliphatic carbocycles. The summed E-state index contributed by atoms with van der Waals surface area (Å²) in [4.78, 5) is 13.0. The lowest BCUT2D eigenvalue weighted by Gasteiger charge is -2.35. The van der Waals surface area contributed by atoms with Gasteiger partial charge in [-0.2, -0.15) is 0 Å². The zero-order valence-electron chi connectivity index (χ0n) is 24.1. The van der Waals surface area contributed by atoms with Crippen molar-refractivity contribution in [3.05, 3.63) is 64.3 Å². The highest BCUT2D eigenvalue weighted by atomic mass is 16.5. The second kappa shape index (κ2) is 12.5. The van der Waals surface area contributed by atoms with Crippen LogP contribution in [-0.2, 0) is 16.0 Å². The first-order chi connectivity index (χ1) is 18.8. The van der Waals surface area contributed by atoms with Crippen LogP contribution in [0.25, 0.3) is 0 Å². The fourth-order valence-corrected chi connectivity index (χ4v) is 5.71. The Balaban J connectivity index is 1.69. The maximum atomic E-state index is 13.0. The van der Waals surface area contributed by atoms with Crippen LogP contribution < -0.4 is 23.7 Å². The first kappa shape index (κ1) is 28.4. The van der Waals surface area contributed by atoms with Crippen molar-refractivity contribution in [3.63, 3.8) is 0 Å². The zero-order valence-corrected chi connectivity index (χ0v) is 24.1. The molecule has 0 spiro atoms. The van der Waals surface area contributed by atoms with Gasteiger partial charge >= 0.3 is 5.97 Å². The van der Waals surface area contributed by atoms with E-state index >= 15 is 0 Å². The number of cyclic esters (lactones) is 1. The van der Waals surface area contributed by atoms with E-state index < -0.39 is 0 Å². The summed E-state index contributed by atoms with van der Waals surface area (Å²) in [5, 5.41) is 0. The first-order valence-corrected chi connectivity index (χ1v) is 13.4. The predicted octanol–water partition coefficient (Wildman–Crippen LogP) is 6.27. The lowest BCUT2D eigenvalue weighted by Crippen LogP contribution is -2.32. The maximum Gasteiger partial charge on any atom is 0.310 e. The van der Waals surface area contributed by atoms with E-state index in [4.69, 9.17) is 28.4 Å². The smallest absolute Gasteiger partial charge is 0.310 e. The Bertz CT molecular complexity index is 1260. The highest BCUT2D eigenvalue weighted by molar-refractivity contribution is 5.79. The molecule has 1 saturated heterocycles. The van der Waals surface area contributed by atoms with Gasteiger partial charge in [-0.15, -0.1) is 0 Å². The molecule has 7 nitrogen and oxygen atoms in total. The summed E-state index contributed by atoms with van der Waals surface area (Å²) in [6.07, 6.45) is 7.06. The molecule has 39 heavy (non-hydrogen) atoms. The van der Waals surface area contributed by atoms with Crippen molar-refractivity contribution in [2.45, 2.75) is 46.0 Å². The summed E-state index contributed by atoms with van der Waals surface area (Å²) >= 11 is 0. The van der Waals surface area contributed by atoms with E-state index in [1.54, 1.807) is 28.4 Å². The molecule has 2 aliphatic rings. The standard InChI is InChI=1S/C32H40O7/c1-19(2)9-8-10-20(3)13-14-38-24-12-11-21(16-25(24)34-4)27-28-22(15-23-18-39-32(33)29(23)27)17-26(35-5)30(36-6)31(28)37-7/h9,11-13,16-17,23,27,29H,8,10,14-15,18H2,1-7H3/b20-13+. The fourth-order valence-electron chi connectivity index (χ4n) is 5.71. The summed E-state index contributed by atoms with van der Waals surface area (Å²) in [5.41, 5.74) is 5.51. The van der Waals surface area contributed by atoms with Gasteiger partial charge in [0.2, 0.25) is 5.75 Å². The van der Waals surface area contributed by atoms with E-state index in [0.29, 0.717) is 48.4 Å². The highest BCUT2D eigenvalue weighted by Crippen LogP contribution is 2.55. The molecule has 1 aliphatic heterocycles. The molecule has 7 heteroatoms. The van der Waals surface area contributed by atoms with E-state index in [1.807, 2.05) is 24.3 Å². The van der Waals surface area contributed by atoms with E-state index in [0.717, 1.165) is 29.5 Å². The van der Waals surface area contributed by atoms with Gasteiger partial charge in [0.05, 0.1) is 41.0 Å². The van der Waals surface area contributed by atoms with Gasteiger partial charge in [0, 0.05) is 17.4 Å². The Hall–Kier alpha value is -3.61. The Morgan fingerprint density at radius 2 is 1.67 bits per heavy atom. The van der Waals surface area contributed by atoms with E-state index in [2.05, 4.69) is 32.9 Å². The van der Waals surface area contributed by atoms with Gasteiger partial charge in [-0.1, -0.05) is 23.3 Å². The number of carbonyl (C=O) groups excluding carboxylic acids is 1. The van der Waals surface area contributed by atoms with E-state index in [9.17, 15) is 4.79 Å². The molecule has 210 valence electrons.